The third-order valence-corrected chi connectivity index (χ3v) is 7.41. The van der Waals surface area contributed by atoms with Crippen molar-refractivity contribution in [3.05, 3.63) is 57.4 Å². The molecule has 0 saturated carbocycles. The Bertz CT molecular complexity index is 1340. The minimum atomic E-state index is 0.649. The van der Waals surface area contributed by atoms with Gasteiger partial charge in [0.1, 0.15) is 16.8 Å². The Kier molecular flexibility index (Phi) is 5.43. The zero-order valence-corrected chi connectivity index (χ0v) is 18.9. The average Bonchev–Trinajstić information content (AvgIpc) is 3.08. The molecule has 2 heterocycles. The van der Waals surface area contributed by atoms with Gasteiger partial charge in [-0.1, -0.05) is 24.4 Å². The summed E-state index contributed by atoms with van der Waals surface area (Å²) in [5.74, 6) is 0.768. The van der Waals surface area contributed by atoms with Gasteiger partial charge in [0.05, 0.1) is 29.4 Å². The summed E-state index contributed by atoms with van der Waals surface area (Å²) in [6.07, 6.45) is 6.88. The van der Waals surface area contributed by atoms with E-state index in [1.165, 1.54) is 29.7 Å². The summed E-state index contributed by atoms with van der Waals surface area (Å²) in [5.41, 5.74) is 4.63. The summed E-state index contributed by atoms with van der Waals surface area (Å²) in [6.45, 7) is 0. The van der Waals surface area contributed by atoms with E-state index >= 15 is 0 Å². The summed E-state index contributed by atoms with van der Waals surface area (Å²) in [5, 5.41) is 17.1. The molecule has 2 aromatic carbocycles. The van der Waals surface area contributed by atoms with E-state index in [4.69, 9.17) is 21.3 Å². The number of hydrogen-bond acceptors (Lipinski definition) is 5. The van der Waals surface area contributed by atoms with Crippen LogP contribution in [0, 0.1) is 11.3 Å². The number of aromatic nitrogens is 1. The summed E-state index contributed by atoms with van der Waals surface area (Å²) < 4.78 is 5.47. The first kappa shape index (κ1) is 20.1. The van der Waals surface area contributed by atoms with Crippen molar-refractivity contribution in [3.8, 4) is 11.8 Å². The molecule has 2 aromatic heterocycles. The number of fused-ring (bicyclic) bond motifs is 3. The van der Waals surface area contributed by atoms with Gasteiger partial charge in [-0.3, -0.25) is 0 Å². The molecule has 0 saturated heterocycles. The zero-order valence-electron chi connectivity index (χ0n) is 17.3. The van der Waals surface area contributed by atoms with Gasteiger partial charge in [0, 0.05) is 20.7 Å². The highest BCUT2D eigenvalue weighted by Crippen LogP contribution is 2.42. The van der Waals surface area contributed by atoms with Crippen LogP contribution in [0.25, 0.3) is 21.8 Å². The van der Waals surface area contributed by atoms with Crippen molar-refractivity contribution < 1.29 is 4.74 Å². The van der Waals surface area contributed by atoms with E-state index in [-0.39, 0.29) is 0 Å². The molecule has 0 fully saturated rings. The van der Waals surface area contributed by atoms with Gasteiger partial charge in [-0.05, 0) is 67.6 Å². The van der Waals surface area contributed by atoms with E-state index < -0.39 is 0 Å². The van der Waals surface area contributed by atoms with E-state index in [9.17, 15) is 5.26 Å². The molecule has 31 heavy (non-hydrogen) atoms. The number of benzene rings is 2. The van der Waals surface area contributed by atoms with Gasteiger partial charge >= 0.3 is 0 Å². The van der Waals surface area contributed by atoms with Crippen LogP contribution in [0.15, 0.2) is 36.4 Å². The van der Waals surface area contributed by atoms with Crippen molar-refractivity contribution >= 4 is 55.4 Å². The number of anilines is 2. The second-order valence-corrected chi connectivity index (χ2v) is 9.43. The van der Waals surface area contributed by atoms with Gasteiger partial charge in [-0.25, -0.2) is 4.98 Å². The molecule has 4 aromatic rings. The van der Waals surface area contributed by atoms with Crippen LogP contribution in [-0.2, 0) is 12.8 Å². The Hall–Kier alpha value is -2.81. The molecule has 0 atom stereocenters. The van der Waals surface area contributed by atoms with Crippen LogP contribution in [-0.4, -0.2) is 12.1 Å². The van der Waals surface area contributed by atoms with Crippen molar-refractivity contribution in [1.82, 2.24) is 4.98 Å². The molecule has 1 N–H and O–H groups in total. The highest BCUT2D eigenvalue weighted by Gasteiger charge is 2.21. The first-order valence-corrected chi connectivity index (χ1v) is 11.8. The summed E-state index contributed by atoms with van der Waals surface area (Å²) in [6, 6.07) is 14.1. The van der Waals surface area contributed by atoms with Crippen LogP contribution in [0.5, 0.6) is 5.75 Å². The fraction of sp³-hybridized carbons (Fsp3) is 0.280. The van der Waals surface area contributed by atoms with Gasteiger partial charge in [0.15, 0.2) is 0 Å². The van der Waals surface area contributed by atoms with Crippen molar-refractivity contribution in [2.45, 2.75) is 38.5 Å². The van der Waals surface area contributed by atoms with Crippen LogP contribution in [0.1, 0.15) is 41.7 Å². The minimum Gasteiger partial charge on any atom is -0.497 e. The number of nitrogens with one attached hydrogen (secondary N) is 1. The van der Waals surface area contributed by atoms with Gasteiger partial charge < -0.3 is 10.1 Å². The fourth-order valence-electron chi connectivity index (χ4n) is 4.40. The molecule has 4 nitrogen and oxygen atoms in total. The maximum absolute atomic E-state index is 10.0. The molecule has 0 bridgehead atoms. The average molecular weight is 448 g/mol. The van der Waals surface area contributed by atoms with Gasteiger partial charge in [0.2, 0.25) is 0 Å². The molecule has 6 heteroatoms. The fourth-order valence-corrected chi connectivity index (χ4v) is 5.81. The molecule has 5 rings (SSSR count). The number of rotatable bonds is 3. The lowest BCUT2D eigenvalue weighted by atomic mass is 9.97. The molecule has 1 aliphatic rings. The number of nitriles is 1. The van der Waals surface area contributed by atoms with Crippen LogP contribution < -0.4 is 10.1 Å². The molecule has 156 valence electrons. The van der Waals surface area contributed by atoms with Crippen LogP contribution in [0.2, 0.25) is 5.02 Å². The number of pyridine rings is 1. The number of halogens is 1. The molecule has 0 unspecified atom stereocenters. The first-order chi connectivity index (χ1) is 15.2. The van der Waals surface area contributed by atoms with Crippen LogP contribution >= 0.6 is 22.9 Å². The lowest BCUT2D eigenvalue weighted by Gasteiger charge is -2.14. The Balaban J connectivity index is 1.72. The quantitative estimate of drug-likeness (QED) is 0.332. The second kappa shape index (κ2) is 8.37. The monoisotopic (exact) mass is 447 g/mol. The van der Waals surface area contributed by atoms with E-state index in [0.717, 1.165) is 63.1 Å². The lowest BCUT2D eigenvalue weighted by molar-refractivity contribution is 0.415. The van der Waals surface area contributed by atoms with E-state index in [2.05, 4.69) is 11.4 Å². The SMILES string of the molecule is COc1ccc2nc3cc(Cl)ccc3c(Nc3sc4c(c3C#N)CCCCCC4)c2c1. The molecular weight excluding hydrogens is 426 g/mol. The lowest BCUT2D eigenvalue weighted by Crippen LogP contribution is -1.98. The number of aryl methyl sites for hydroxylation is 1. The van der Waals surface area contributed by atoms with Crippen molar-refractivity contribution in [3.63, 3.8) is 0 Å². The molecule has 0 spiro atoms. The predicted molar refractivity (Wildman–Crippen MR) is 129 cm³/mol. The van der Waals surface area contributed by atoms with E-state index in [0.29, 0.717) is 5.02 Å². The van der Waals surface area contributed by atoms with Crippen molar-refractivity contribution in [2.75, 3.05) is 12.4 Å². The number of hydrogen-bond donors (Lipinski definition) is 1. The predicted octanol–water partition coefficient (Wildman–Crippen LogP) is 7.39. The molecule has 1 aliphatic carbocycles. The third kappa shape index (κ3) is 3.71. The highest BCUT2D eigenvalue weighted by atomic mass is 35.5. The summed E-state index contributed by atoms with van der Waals surface area (Å²) in [7, 11) is 1.66. The summed E-state index contributed by atoms with van der Waals surface area (Å²) in [4.78, 5) is 6.16. The van der Waals surface area contributed by atoms with E-state index in [1.54, 1.807) is 18.4 Å². The summed E-state index contributed by atoms with van der Waals surface area (Å²) >= 11 is 7.98. The Morgan fingerprint density at radius 1 is 1.03 bits per heavy atom. The number of thiophene rings is 1. The van der Waals surface area contributed by atoms with Crippen molar-refractivity contribution in [1.29, 1.82) is 5.26 Å². The van der Waals surface area contributed by atoms with E-state index in [1.807, 2.05) is 36.4 Å². The second-order valence-electron chi connectivity index (χ2n) is 7.89. The topological polar surface area (TPSA) is 57.9 Å². The van der Waals surface area contributed by atoms with Crippen LogP contribution in [0.4, 0.5) is 10.7 Å². The van der Waals surface area contributed by atoms with Gasteiger partial charge in [-0.2, -0.15) is 5.26 Å². The minimum absolute atomic E-state index is 0.649. The molecular formula is C25H22ClN3OS. The normalized spacial score (nSPS) is 14.0. The number of nitrogens with zero attached hydrogens (tertiary/aromatic N) is 2. The largest absolute Gasteiger partial charge is 0.497 e. The standard InChI is InChI=1S/C25H22ClN3OS/c1-30-16-9-11-21-19(13-16)24(18-10-8-15(26)12-22(18)28-21)29-25-20(14-27)17-6-4-2-3-5-7-23(17)31-25/h8-13H,2-7H2,1H3,(H,28,29). The Morgan fingerprint density at radius 2 is 1.87 bits per heavy atom. The van der Waals surface area contributed by atoms with Gasteiger partial charge in [-0.15, -0.1) is 11.3 Å². The Morgan fingerprint density at radius 3 is 2.68 bits per heavy atom. The molecule has 0 aliphatic heterocycles. The molecule has 0 amide bonds. The maximum Gasteiger partial charge on any atom is 0.119 e. The Labute approximate surface area is 190 Å². The number of ether oxygens (including phenoxy) is 1. The molecule has 0 radical (unpaired) electrons. The smallest absolute Gasteiger partial charge is 0.119 e. The number of methoxy groups -OCH3 is 1. The third-order valence-electron chi connectivity index (χ3n) is 5.96. The maximum atomic E-state index is 10.0. The zero-order chi connectivity index (χ0) is 21.4. The van der Waals surface area contributed by atoms with Crippen molar-refractivity contribution in [2.24, 2.45) is 0 Å². The van der Waals surface area contributed by atoms with Gasteiger partial charge in [0.25, 0.3) is 0 Å². The first-order valence-electron chi connectivity index (χ1n) is 10.6. The highest BCUT2D eigenvalue weighted by molar-refractivity contribution is 7.16. The van der Waals surface area contributed by atoms with Crippen LogP contribution in [0.3, 0.4) is 0 Å².